The van der Waals surface area contributed by atoms with Gasteiger partial charge < -0.3 is 4.90 Å². The van der Waals surface area contributed by atoms with E-state index in [1.165, 1.54) is 33.2 Å². The first-order valence-corrected chi connectivity index (χ1v) is 10.6. The third kappa shape index (κ3) is 4.15. The molecular formula is C16H23N7O5S. The Morgan fingerprint density at radius 2 is 1.72 bits per heavy atom. The van der Waals surface area contributed by atoms with E-state index < -0.39 is 14.9 Å². The zero-order valence-corrected chi connectivity index (χ0v) is 17.3. The summed E-state index contributed by atoms with van der Waals surface area (Å²) in [5.74, 6) is -0.269. The number of piperazine rings is 1. The van der Waals surface area contributed by atoms with Crippen molar-refractivity contribution in [1.82, 2.24) is 28.8 Å². The van der Waals surface area contributed by atoms with Crippen LogP contribution in [0.1, 0.15) is 18.3 Å². The molecule has 1 fully saturated rings. The van der Waals surface area contributed by atoms with Crippen molar-refractivity contribution in [3.8, 4) is 0 Å². The molecule has 1 amide bonds. The molecule has 158 valence electrons. The minimum atomic E-state index is -3.68. The zero-order valence-electron chi connectivity index (χ0n) is 16.5. The summed E-state index contributed by atoms with van der Waals surface area (Å²) < 4.78 is 30.0. The fourth-order valence-corrected chi connectivity index (χ4v) is 4.83. The number of hydrogen-bond donors (Lipinski definition) is 0. The van der Waals surface area contributed by atoms with Crippen LogP contribution in [0.15, 0.2) is 17.3 Å². The minimum absolute atomic E-state index is 0.135. The highest BCUT2D eigenvalue weighted by Gasteiger charge is 2.32. The van der Waals surface area contributed by atoms with Crippen molar-refractivity contribution in [2.75, 3.05) is 26.2 Å². The van der Waals surface area contributed by atoms with Crippen molar-refractivity contribution in [2.45, 2.75) is 38.8 Å². The predicted molar refractivity (Wildman–Crippen MR) is 102 cm³/mol. The number of carbonyl (C=O) groups excluding carboxylic acids is 1. The number of nitro groups is 1. The van der Waals surface area contributed by atoms with Crippen LogP contribution in [0.25, 0.3) is 0 Å². The van der Waals surface area contributed by atoms with Gasteiger partial charge in [-0.1, -0.05) is 0 Å². The van der Waals surface area contributed by atoms with E-state index in [0.29, 0.717) is 12.2 Å². The summed E-state index contributed by atoms with van der Waals surface area (Å²) in [4.78, 5) is 24.6. The normalized spacial score (nSPS) is 15.6. The number of amides is 1. The first kappa shape index (κ1) is 20.9. The Kier molecular flexibility index (Phi) is 5.71. The van der Waals surface area contributed by atoms with Gasteiger partial charge in [0.15, 0.2) is 0 Å². The van der Waals surface area contributed by atoms with Gasteiger partial charge in [-0.2, -0.15) is 14.5 Å². The molecule has 2 aromatic rings. The van der Waals surface area contributed by atoms with Crippen molar-refractivity contribution in [2.24, 2.45) is 0 Å². The van der Waals surface area contributed by atoms with Gasteiger partial charge in [0, 0.05) is 38.9 Å². The Labute approximate surface area is 167 Å². The number of hydrogen-bond acceptors (Lipinski definition) is 7. The van der Waals surface area contributed by atoms with Gasteiger partial charge in [-0.05, 0) is 20.8 Å². The first-order chi connectivity index (χ1) is 13.6. The molecule has 3 heterocycles. The molecular weight excluding hydrogens is 402 g/mol. The lowest BCUT2D eigenvalue weighted by atomic mass is 10.3. The van der Waals surface area contributed by atoms with E-state index in [1.807, 2.05) is 6.92 Å². The van der Waals surface area contributed by atoms with E-state index in [1.54, 1.807) is 11.6 Å². The maximum Gasteiger partial charge on any atom is 0.309 e. The highest BCUT2D eigenvalue weighted by atomic mass is 32.2. The predicted octanol–water partition coefficient (Wildman–Crippen LogP) is 0.158. The molecule has 12 nitrogen and oxygen atoms in total. The molecule has 0 spiro atoms. The second-order valence-corrected chi connectivity index (χ2v) is 8.68. The lowest BCUT2D eigenvalue weighted by Crippen LogP contribution is -2.51. The van der Waals surface area contributed by atoms with Crippen LogP contribution < -0.4 is 0 Å². The van der Waals surface area contributed by atoms with Crippen LogP contribution in [0.3, 0.4) is 0 Å². The molecule has 1 saturated heterocycles. The first-order valence-electron chi connectivity index (χ1n) is 9.14. The monoisotopic (exact) mass is 425 g/mol. The molecule has 0 unspecified atom stereocenters. The molecule has 2 aromatic heterocycles. The zero-order chi connectivity index (χ0) is 21.3. The van der Waals surface area contributed by atoms with Crippen LogP contribution in [0.4, 0.5) is 5.69 Å². The summed E-state index contributed by atoms with van der Waals surface area (Å²) in [7, 11) is -3.68. The van der Waals surface area contributed by atoms with Gasteiger partial charge in [0.1, 0.15) is 23.3 Å². The summed E-state index contributed by atoms with van der Waals surface area (Å²) in [5.41, 5.74) is 0.541. The van der Waals surface area contributed by atoms with Crippen molar-refractivity contribution in [3.63, 3.8) is 0 Å². The van der Waals surface area contributed by atoms with Gasteiger partial charge >= 0.3 is 5.69 Å². The molecule has 0 N–H and O–H groups in total. The molecule has 0 aromatic carbocycles. The Hall–Kier alpha value is -2.80. The van der Waals surface area contributed by atoms with Gasteiger partial charge in [0.2, 0.25) is 15.9 Å². The van der Waals surface area contributed by atoms with Crippen LogP contribution >= 0.6 is 0 Å². The highest BCUT2D eigenvalue weighted by molar-refractivity contribution is 7.89. The molecule has 0 bridgehead atoms. The quantitative estimate of drug-likeness (QED) is 0.475. The summed E-state index contributed by atoms with van der Waals surface area (Å²) in [6, 6.07) is 0. The van der Waals surface area contributed by atoms with Crippen molar-refractivity contribution in [3.05, 3.63) is 33.9 Å². The lowest BCUT2D eigenvalue weighted by Gasteiger charge is -2.33. The minimum Gasteiger partial charge on any atom is -0.338 e. The molecule has 0 atom stereocenters. The third-order valence-electron chi connectivity index (χ3n) is 4.85. The average molecular weight is 425 g/mol. The van der Waals surface area contributed by atoms with Gasteiger partial charge in [-0.25, -0.2) is 8.42 Å². The van der Waals surface area contributed by atoms with Crippen molar-refractivity contribution in [1.29, 1.82) is 0 Å². The van der Waals surface area contributed by atoms with Gasteiger partial charge in [-0.15, -0.1) is 0 Å². The number of rotatable bonds is 6. The second-order valence-electron chi connectivity index (χ2n) is 6.77. The molecule has 0 aliphatic carbocycles. The SMILES string of the molecule is CCn1cc(S(=O)(=O)N2CCN(C(=O)Cn3cc([N+](=O)[O-])c(C)n3)CC2)c(C)n1. The molecule has 1 aliphatic heterocycles. The van der Waals surface area contributed by atoms with Crippen LogP contribution in [0, 0.1) is 24.0 Å². The molecule has 3 rings (SSSR count). The number of nitrogens with zero attached hydrogens (tertiary/aromatic N) is 7. The van der Waals surface area contributed by atoms with E-state index in [4.69, 9.17) is 0 Å². The van der Waals surface area contributed by atoms with Crippen LogP contribution in [-0.4, -0.2) is 74.2 Å². The largest absolute Gasteiger partial charge is 0.338 e. The Morgan fingerprint density at radius 3 is 2.24 bits per heavy atom. The Morgan fingerprint density at radius 1 is 1.10 bits per heavy atom. The average Bonchev–Trinajstić information content (AvgIpc) is 3.24. The Bertz CT molecular complexity index is 1030. The van der Waals surface area contributed by atoms with E-state index in [9.17, 15) is 23.3 Å². The fourth-order valence-electron chi connectivity index (χ4n) is 3.24. The maximum absolute atomic E-state index is 12.9. The molecule has 0 radical (unpaired) electrons. The number of aromatic nitrogens is 4. The summed E-state index contributed by atoms with van der Waals surface area (Å²) >= 11 is 0. The summed E-state index contributed by atoms with van der Waals surface area (Å²) in [6.45, 7) is 6.29. The van der Waals surface area contributed by atoms with E-state index in [-0.39, 0.29) is 54.9 Å². The maximum atomic E-state index is 12.9. The van der Waals surface area contributed by atoms with Crippen molar-refractivity contribution < 1.29 is 18.1 Å². The number of aryl methyl sites for hydroxylation is 3. The van der Waals surface area contributed by atoms with Gasteiger partial charge in [0.05, 0.1) is 10.6 Å². The number of sulfonamides is 1. The van der Waals surface area contributed by atoms with Gasteiger partial charge in [-0.3, -0.25) is 24.3 Å². The topological polar surface area (TPSA) is 136 Å². The van der Waals surface area contributed by atoms with Crippen LogP contribution in [0.2, 0.25) is 0 Å². The third-order valence-corrected chi connectivity index (χ3v) is 6.85. The Balaban J connectivity index is 1.63. The highest BCUT2D eigenvalue weighted by Crippen LogP contribution is 2.21. The smallest absolute Gasteiger partial charge is 0.309 e. The second kappa shape index (κ2) is 7.91. The van der Waals surface area contributed by atoms with Gasteiger partial charge in [0.25, 0.3) is 0 Å². The van der Waals surface area contributed by atoms with Crippen molar-refractivity contribution >= 4 is 21.6 Å². The fraction of sp³-hybridized carbons (Fsp3) is 0.562. The molecule has 1 aliphatic rings. The lowest BCUT2D eigenvalue weighted by molar-refractivity contribution is -0.385. The number of carbonyl (C=O) groups is 1. The molecule has 13 heteroatoms. The van der Waals surface area contributed by atoms with E-state index >= 15 is 0 Å². The van der Waals surface area contributed by atoms with Crippen LogP contribution in [0.5, 0.6) is 0 Å². The molecule has 0 saturated carbocycles. The van der Waals surface area contributed by atoms with Crippen LogP contribution in [-0.2, 0) is 27.9 Å². The van der Waals surface area contributed by atoms with E-state index in [0.717, 1.165) is 0 Å². The molecule has 29 heavy (non-hydrogen) atoms. The summed E-state index contributed by atoms with van der Waals surface area (Å²) in [6.07, 6.45) is 2.75. The van der Waals surface area contributed by atoms with E-state index in [2.05, 4.69) is 10.2 Å². The standard InChI is InChI=1S/C16H23N7O5S/c1-4-20-10-15(13(3)18-20)29(27,28)22-7-5-19(6-8-22)16(24)11-21-9-14(23(25)26)12(2)17-21/h9-10H,4-8,11H2,1-3H3. The summed E-state index contributed by atoms with van der Waals surface area (Å²) in [5, 5.41) is 19.1.